The highest BCUT2D eigenvalue weighted by Gasteiger charge is 2.12. The zero-order chi connectivity index (χ0) is 15.9. The van der Waals surface area contributed by atoms with Crippen molar-refractivity contribution in [3.63, 3.8) is 0 Å². The van der Waals surface area contributed by atoms with Crippen LogP contribution in [-0.4, -0.2) is 37.2 Å². The van der Waals surface area contributed by atoms with E-state index in [1.165, 1.54) is 0 Å². The van der Waals surface area contributed by atoms with Gasteiger partial charge in [-0.3, -0.25) is 4.68 Å². The number of hydrogen-bond acceptors (Lipinski definition) is 5. The third kappa shape index (κ3) is 3.92. The van der Waals surface area contributed by atoms with E-state index in [9.17, 15) is 0 Å². The molecule has 0 saturated heterocycles. The average molecular weight is 305 g/mol. The number of benzene rings is 1. The molecule has 1 unspecified atom stereocenters. The van der Waals surface area contributed by atoms with Crippen molar-refractivity contribution in [2.24, 2.45) is 0 Å². The smallest absolute Gasteiger partial charge is 0.164 e. The van der Waals surface area contributed by atoms with Gasteiger partial charge in [0.05, 0.1) is 27.9 Å². The first-order chi connectivity index (χ1) is 10.7. The van der Waals surface area contributed by atoms with Gasteiger partial charge in [-0.15, -0.1) is 0 Å². The van der Waals surface area contributed by atoms with Crippen LogP contribution in [-0.2, 0) is 13.1 Å². The van der Waals surface area contributed by atoms with Gasteiger partial charge in [-0.2, -0.15) is 5.10 Å². The fraction of sp³-hybridized carbons (Fsp3) is 0.438. The van der Waals surface area contributed by atoms with Crippen molar-refractivity contribution >= 4 is 0 Å². The first-order valence-corrected chi connectivity index (χ1v) is 7.17. The maximum atomic E-state index is 5.43. The van der Waals surface area contributed by atoms with Crippen LogP contribution in [0.1, 0.15) is 12.5 Å². The highest BCUT2D eigenvalue weighted by Crippen LogP contribution is 2.34. The molecule has 6 heteroatoms. The van der Waals surface area contributed by atoms with Crippen molar-refractivity contribution in [2.75, 3.05) is 21.3 Å². The Morgan fingerprint density at radius 1 is 1.09 bits per heavy atom. The second-order valence-corrected chi connectivity index (χ2v) is 5.03. The summed E-state index contributed by atoms with van der Waals surface area (Å²) in [4.78, 5) is 0. The molecule has 0 aliphatic heterocycles. The molecule has 2 aromatic rings. The van der Waals surface area contributed by atoms with Gasteiger partial charge in [-0.1, -0.05) is 0 Å². The fourth-order valence-electron chi connectivity index (χ4n) is 2.27. The lowest BCUT2D eigenvalue weighted by atomic mass is 10.1. The summed E-state index contributed by atoms with van der Waals surface area (Å²) >= 11 is 0. The van der Waals surface area contributed by atoms with E-state index in [4.69, 9.17) is 14.2 Å². The van der Waals surface area contributed by atoms with Crippen molar-refractivity contribution in [1.29, 1.82) is 0 Å². The molecule has 1 aromatic heterocycles. The van der Waals surface area contributed by atoms with Crippen LogP contribution >= 0.6 is 0 Å². The maximum absolute atomic E-state index is 5.43. The predicted molar refractivity (Wildman–Crippen MR) is 84.6 cm³/mol. The molecule has 0 fully saturated rings. The van der Waals surface area contributed by atoms with Crippen molar-refractivity contribution in [1.82, 2.24) is 15.1 Å². The number of methoxy groups -OCH3 is 3. The number of hydrogen-bond donors (Lipinski definition) is 1. The Bertz CT molecular complexity index is 585. The van der Waals surface area contributed by atoms with Crippen molar-refractivity contribution in [3.8, 4) is 17.2 Å². The van der Waals surface area contributed by atoms with E-state index in [0.717, 1.165) is 17.9 Å². The summed E-state index contributed by atoms with van der Waals surface area (Å²) in [5.74, 6) is 2.13. The Morgan fingerprint density at radius 2 is 1.77 bits per heavy atom. The van der Waals surface area contributed by atoms with Crippen LogP contribution < -0.4 is 19.5 Å². The molecule has 2 rings (SSSR count). The second kappa shape index (κ2) is 7.70. The minimum atomic E-state index is 0.276. The molecule has 120 valence electrons. The van der Waals surface area contributed by atoms with E-state index >= 15 is 0 Å². The number of aromatic nitrogens is 2. The zero-order valence-corrected chi connectivity index (χ0v) is 13.5. The molecule has 1 N–H and O–H groups in total. The summed E-state index contributed by atoms with van der Waals surface area (Å²) in [5.41, 5.74) is 1.02. The minimum absolute atomic E-state index is 0.276. The number of rotatable bonds is 8. The van der Waals surface area contributed by atoms with Gasteiger partial charge in [-0.25, -0.2) is 0 Å². The summed E-state index contributed by atoms with van der Waals surface area (Å²) in [5, 5.41) is 7.67. The maximum Gasteiger partial charge on any atom is 0.164 e. The Labute approximate surface area is 131 Å². The van der Waals surface area contributed by atoms with Crippen molar-refractivity contribution in [2.45, 2.75) is 26.1 Å². The van der Waals surface area contributed by atoms with Gasteiger partial charge >= 0.3 is 0 Å². The molecule has 0 radical (unpaired) electrons. The van der Waals surface area contributed by atoms with Gasteiger partial charge in [0.2, 0.25) is 0 Å². The minimum Gasteiger partial charge on any atom is -0.496 e. The molecular formula is C16H23N3O3. The third-order valence-corrected chi connectivity index (χ3v) is 3.45. The predicted octanol–water partition coefficient (Wildman–Crippen LogP) is 2.09. The average Bonchev–Trinajstić information content (AvgIpc) is 3.04. The Hall–Kier alpha value is -2.21. The standard InChI is InChI=1S/C16H23N3O3/c1-12(11-19-7-5-6-18-19)17-10-13-8-15(21-3)16(22-4)9-14(13)20-2/h5-9,12,17H,10-11H2,1-4H3. The van der Waals surface area contributed by atoms with Crippen LogP contribution in [0.25, 0.3) is 0 Å². The summed E-state index contributed by atoms with van der Waals surface area (Å²) in [6.07, 6.45) is 3.74. The molecule has 0 saturated carbocycles. The van der Waals surface area contributed by atoms with E-state index in [2.05, 4.69) is 17.3 Å². The number of ether oxygens (including phenoxy) is 3. The molecule has 22 heavy (non-hydrogen) atoms. The molecule has 1 aromatic carbocycles. The summed E-state index contributed by atoms with van der Waals surface area (Å²) in [7, 11) is 4.89. The molecule has 0 spiro atoms. The van der Waals surface area contributed by atoms with E-state index in [-0.39, 0.29) is 6.04 Å². The number of nitrogens with one attached hydrogen (secondary N) is 1. The highest BCUT2D eigenvalue weighted by atomic mass is 16.5. The Balaban J connectivity index is 2.04. The van der Waals surface area contributed by atoms with E-state index < -0.39 is 0 Å². The van der Waals surface area contributed by atoms with Crippen LogP contribution in [0.2, 0.25) is 0 Å². The van der Waals surface area contributed by atoms with Crippen molar-refractivity contribution < 1.29 is 14.2 Å². The van der Waals surface area contributed by atoms with Crippen LogP contribution in [0, 0.1) is 0 Å². The van der Waals surface area contributed by atoms with Gasteiger partial charge in [0.1, 0.15) is 5.75 Å². The second-order valence-electron chi connectivity index (χ2n) is 5.03. The lowest BCUT2D eigenvalue weighted by molar-refractivity contribution is 0.346. The van der Waals surface area contributed by atoms with Gasteiger partial charge < -0.3 is 19.5 Å². The SMILES string of the molecule is COc1cc(OC)c(OC)cc1CNC(C)Cn1cccn1. The topological polar surface area (TPSA) is 57.5 Å². The Morgan fingerprint density at radius 3 is 2.36 bits per heavy atom. The largest absolute Gasteiger partial charge is 0.496 e. The molecule has 1 atom stereocenters. The zero-order valence-electron chi connectivity index (χ0n) is 13.5. The van der Waals surface area contributed by atoms with Crippen molar-refractivity contribution in [3.05, 3.63) is 36.2 Å². The first kappa shape index (κ1) is 16.2. The third-order valence-electron chi connectivity index (χ3n) is 3.45. The van der Waals surface area contributed by atoms with Crippen LogP contribution in [0.4, 0.5) is 0 Å². The molecular weight excluding hydrogens is 282 g/mol. The summed E-state index contributed by atoms with van der Waals surface area (Å²) in [6.45, 7) is 3.60. The van der Waals surface area contributed by atoms with Gasteiger partial charge in [0, 0.05) is 36.6 Å². The highest BCUT2D eigenvalue weighted by molar-refractivity contribution is 5.50. The molecule has 0 aliphatic rings. The van der Waals surface area contributed by atoms with Gasteiger partial charge in [0.15, 0.2) is 11.5 Å². The molecule has 0 amide bonds. The normalized spacial score (nSPS) is 12.0. The lowest BCUT2D eigenvalue weighted by Gasteiger charge is -2.17. The van der Waals surface area contributed by atoms with Gasteiger partial charge in [-0.05, 0) is 19.1 Å². The molecule has 6 nitrogen and oxygen atoms in total. The number of nitrogens with zero attached hydrogens (tertiary/aromatic N) is 2. The fourth-order valence-corrected chi connectivity index (χ4v) is 2.27. The van der Waals surface area contributed by atoms with Crippen LogP contribution in [0.5, 0.6) is 17.2 Å². The monoisotopic (exact) mass is 305 g/mol. The first-order valence-electron chi connectivity index (χ1n) is 7.17. The summed E-state index contributed by atoms with van der Waals surface area (Å²) in [6, 6.07) is 5.97. The molecule has 0 aliphatic carbocycles. The lowest BCUT2D eigenvalue weighted by Crippen LogP contribution is -2.30. The van der Waals surface area contributed by atoms with Gasteiger partial charge in [0.25, 0.3) is 0 Å². The molecule has 0 bridgehead atoms. The van der Waals surface area contributed by atoms with Crippen LogP contribution in [0.3, 0.4) is 0 Å². The van der Waals surface area contributed by atoms with E-state index in [0.29, 0.717) is 18.0 Å². The molecule has 1 heterocycles. The van der Waals surface area contributed by atoms with E-state index in [1.807, 2.05) is 29.1 Å². The summed E-state index contributed by atoms with van der Waals surface area (Å²) < 4.78 is 18.0. The Kier molecular flexibility index (Phi) is 5.66. The van der Waals surface area contributed by atoms with E-state index in [1.54, 1.807) is 27.5 Å². The van der Waals surface area contributed by atoms with Crippen LogP contribution in [0.15, 0.2) is 30.6 Å². The quantitative estimate of drug-likeness (QED) is 0.809.